The average molecular weight is 443 g/mol. The molecule has 0 heterocycles. The molecule has 0 saturated heterocycles. The molecule has 31 heavy (non-hydrogen) atoms. The van der Waals surface area contributed by atoms with Crippen LogP contribution in [0.4, 0.5) is 5.69 Å². The Morgan fingerprint density at radius 2 is 1.81 bits per heavy atom. The molecule has 0 aliphatic heterocycles. The molecule has 166 valence electrons. The number of amidine groups is 2. The van der Waals surface area contributed by atoms with Gasteiger partial charge >= 0.3 is 5.84 Å². The summed E-state index contributed by atoms with van der Waals surface area (Å²) in [5.74, 6) is -0.0251. The standard InChI is InChI=1S/C23H31N5O2S/c1-14-12-13-16(18(29)17(14)22(30)28(5)6)25-20(24)21(27-31)26-19(23(2,3)4)15-10-8-7-9-11-15/h7-13,19,29,31H,1-6H3,(H2,24,25)(H,26,27)/p+1/t19-/m0/s1. The van der Waals surface area contributed by atoms with Gasteiger partial charge < -0.3 is 15.7 Å². The number of benzene rings is 2. The minimum Gasteiger partial charge on any atom is -0.505 e. The Labute approximate surface area is 189 Å². The number of hydrogen-bond acceptors (Lipinski definition) is 4. The number of aryl methyl sites for hydroxylation is 1. The maximum atomic E-state index is 12.5. The van der Waals surface area contributed by atoms with Crippen molar-refractivity contribution in [3.05, 3.63) is 59.2 Å². The van der Waals surface area contributed by atoms with Gasteiger partial charge in [0.25, 0.3) is 5.91 Å². The van der Waals surface area contributed by atoms with Crippen LogP contribution in [0, 0.1) is 12.3 Å². The molecular weight excluding hydrogens is 410 g/mol. The smallest absolute Gasteiger partial charge is 0.322 e. The summed E-state index contributed by atoms with van der Waals surface area (Å²) < 4.78 is 2.77. The Morgan fingerprint density at radius 3 is 2.32 bits per heavy atom. The van der Waals surface area contributed by atoms with Gasteiger partial charge in [-0.15, -0.1) is 0 Å². The number of carbonyl (C=O) groups excluding carboxylic acids is 1. The van der Waals surface area contributed by atoms with Crippen molar-refractivity contribution >= 4 is 36.1 Å². The van der Waals surface area contributed by atoms with Crippen LogP contribution in [0.1, 0.15) is 48.3 Å². The minimum atomic E-state index is -0.308. The van der Waals surface area contributed by atoms with Gasteiger partial charge in [-0.25, -0.2) is 9.71 Å². The number of aliphatic imine (C=N–C) groups is 1. The number of thiol groups is 1. The Hall–Kier alpha value is -3.00. The fourth-order valence-electron chi connectivity index (χ4n) is 3.20. The second-order valence-corrected chi connectivity index (χ2v) is 8.89. The lowest BCUT2D eigenvalue weighted by Crippen LogP contribution is -2.81. The molecule has 2 aromatic carbocycles. The third kappa shape index (κ3) is 5.79. The van der Waals surface area contributed by atoms with Crippen molar-refractivity contribution in [3.8, 4) is 5.75 Å². The van der Waals surface area contributed by atoms with Crippen molar-refractivity contribution in [2.75, 3.05) is 14.1 Å². The monoisotopic (exact) mass is 442 g/mol. The molecule has 0 aromatic heterocycles. The van der Waals surface area contributed by atoms with E-state index in [2.05, 4.69) is 48.3 Å². The largest absolute Gasteiger partial charge is 0.505 e. The summed E-state index contributed by atoms with van der Waals surface area (Å²) in [5, 5.41) is 10.7. The van der Waals surface area contributed by atoms with Gasteiger partial charge in [0.1, 0.15) is 11.7 Å². The molecule has 1 amide bonds. The first-order chi connectivity index (χ1) is 14.5. The summed E-state index contributed by atoms with van der Waals surface area (Å²) in [6.07, 6.45) is 0. The Bertz CT molecular complexity index is 995. The fraction of sp³-hybridized carbons (Fsp3) is 0.348. The third-order valence-corrected chi connectivity index (χ3v) is 5.11. The van der Waals surface area contributed by atoms with Crippen LogP contribution in [0.5, 0.6) is 5.75 Å². The minimum absolute atomic E-state index is 0.0883. The lowest BCUT2D eigenvalue weighted by Gasteiger charge is -2.26. The highest BCUT2D eigenvalue weighted by molar-refractivity contribution is 7.78. The lowest BCUT2D eigenvalue weighted by molar-refractivity contribution is -0.529. The first-order valence-corrected chi connectivity index (χ1v) is 10.4. The number of amides is 1. The molecule has 0 aliphatic rings. The molecule has 8 heteroatoms. The van der Waals surface area contributed by atoms with E-state index in [0.29, 0.717) is 11.4 Å². The van der Waals surface area contributed by atoms with Crippen LogP contribution in [-0.2, 0) is 0 Å². The zero-order valence-electron chi connectivity index (χ0n) is 18.9. The highest BCUT2D eigenvalue weighted by atomic mass is 32.1. The molecule has 0 fully saturated rings. The highest BCUT2D eigenvalue weighted by Crippen LogP contribution is 2.33. The van der Waals surface area contributed by atoms with Gasteiger partial charge in [-0.1, -0.05) is 57.2 Å². The van der Waals surface area contributed by atoms with Gasteiger partial charge in [0.05, 0.1) is 5.56 Å². The summed E-state index contributed by atoms with van der Waals surface area (Å²) in [5.41, 5.74) is 8.24. The number of nitrogens with one attached hydrogen (secondary N) is 2. The van der Waals surface area contributed by atoms with Gasteiger partial charge in [-0.05, 0) is 24.1 Å². The van der Waals surface area contributed by atoms with E-state index in [0.717, 1.165) is 5.56 Å². The summed E-state index contributed by atoms with van der Waals surface area (Å²) in [6.45, 7) is 8.11. The average Bonchev–Trinajstić information content (AvgIpc) is 2.70. The van der Waals surface area contributed by atoms with Crippen molar-refractivity contribution in [3.63, 3.8) is 0 Å². The van der Waals surface area contributed by atoms with E-state index in [4.69, 9.17) is 5.73 Å². The zero-order valence-corrected chi connectivity index (χ0v) is 19.8. The molecule has 0 radical (unpaired) electrons. The van der Waals surface area contributed by atoms with E-state index >= 15 is 0 Å². The van der Waals surface area contributed by atoms with E-state index in [1.54, 1.807) is 33.2 Å². The summed E-state index contributed by atoms with van der Waals surface area (Å²) in [4.78, 5) is 21.6. The zero-order chi connectivity index (χ0) is 23.3. The van der Waals surface area contributed by atoms with Crippen LogP contribution in [0.15, 0.2) is 47.5 Å². The van der Waals surface area contributed by atoms with Crippen molar-refractivity contribution in [2.45, 2.75) is 33.7 Å². The lowest BCUT2D eigenvalue weighted by atomic mass is 9.83. The van der Waals surface area contributed by atoms with E-state index in [9.17, 15) is 9.90 Å². The first-order valence-electron chi connectivity index (χ1n) is 9.94. The molecule has 0 unspecified atom stereocenters. The van der Waals surface area contributed by atoms with E-state index in [-0.39, 0.29) is 40.2 Å². The molecule has 1 atom stereocenters. The normalized spacial score (nSPS) is 13.6. The van der Waals surface area contributed by atoms with Crippen LogP contribution >= 0.6 is 12.8 Å². The van der Waals surface area contributed by atoms with Crippen molar-refractivity contribution in [1.82, 2.24) is 9.62 Å². The number of phenols is 1. The molecule has 0 saturated carbocycles. The van der Waals surface area contributed by atoms with Crippen LogP contribution in [0.2, 0.25) is 0 Å². The molecule has 0 spiro atoms. The number of aromatic hydroxyl groups is 1. The quantitative estimate of drug-likeness (QED) is 0.284. The van der Waals surface area contributed by atoms with Crippen molar-refractivity contribution in [1.29, 1.82) is 0 Å². The van der Waals surface area contributed by atoms with Crippen LogP contribution < -0.4 is 15.4 Å². The SMILES string of the molecule is Cc1ccc(N=C(N)C(NS)=[NH+][C@@H](c2ccccc2)C(C)(C)C)c(O)c1C(=O)N(C)C. The third-order valence-electron chi connectivity index (χ3n) is 4.88. The first kappa shape index (κ1) is 24.3. The van der Waals surface area contributed by atoms with Crippen LogP contribution in [-0.4, -0.2) is 41.7 Å². The number of hydrogen-bond donors (Lipinski definition) is 5. The Balaban J connectivity index is 2.54. The molecule has 2 rings (SSSR count). The Morgan fingerprint density at radius 1 is 1.19 bits per heavy atom. The molecule has 0 aliphatic carbocycles. The number of carbonyl (C=O) groups is 1. The predicted molar refractivity (Wildman–Crippen MR) is 129 cm³/mol. The number of nitrogens with two attached hydrogens (primary N) is 1. The fourth-order valence-corrected chi connectivity index (χ4v) is 3.38. The van der Waals surface area contributed by atoms with E-state index in [1.165, 1.54) is 4.90 Å². The van der Waals surface area contributed by atoms with Gasteiger partial charge in [0.2, 0.25) is 5.84 Å². The van der Waals surface area contributed by atoms with Gasteiger partial charge in [0, 0.05) is 32.3 Å². The van der Waals surface area contributed by atoms with Crippen molar-refractivity contribution < 1.29 is 14.9 Å². The predicted octanol–water partition coefficient (Wildman–Crippen LogP) is 2.09. The van der Waals surface area contributed by atoms with Gasteiger partial charge in [0.15, 0.2) is 5.75 Å². The number of nitrogens with zero attached hydrogens (tertiary/aromatic N) is 2. The van der Waals surface area contributed by atoms with Crippen LogP contribution in [0.3, 0.4) is 0 Å². The summed E-state index contributed by atoms with van der Waals surface area (Å²) >= 11 is 4.19. The maximum absolute atomic E-state index is 12.5. The number of phenolic OH excluding ortho intramolecular Hbond substituents is 1. The second-order valence-electron chi connectivity index (χ2n) is 8.66. The van der Waals surface area contributed by atoms with E-state index < -0.39 is 0 Å². The van der Waals surface area contributed by atoms with Gasteiger partial charge in [-0.2, -0.15) is 0 Å². The van der Waals surface area contributed by atoms with E-state index in [1.807, 2.05) is 30.3 Å². The molecule has 0 bridgehead atoms. The van der Waals surface area contributed by atoms with Crippen molar-refractivity contribution in [2.24, 2.45) is 16.1 Å². The maximum Gasteiger partial charge on any atom is 0.322 e. The molecular formula is C23H32N5O2S+. The highest BCUT2D eigenvalue weighted by Gasteiger charge is 2.30. The molecule has 5 N–H and O–H groups in total. The van der Waals surface area contributed by atoms with Gasteiger partial charge in [-0.3, -0.25) is 9.79 Å². The van der Waals surface area contributed by atoms with Crippen LogP contribution in [0.25, 0.3) is 0 Å². The summed E-state index contributed by atoms with van der Waals surface area (Å²) in [6, 6.07) is 13.3. The Kier molecular flexibility index (Phi) is 7.73. The molecule has 2 aromatic rings. The number of rotatable bonds is 4. The second kappa shape index (κ2) is 9.87. The molecule has 7 nitrogen and oxygen atoms in total. The topological polar surface area (TPSA) is 105 Å². The summed E-state index contributed by atoms with van der Waals surface area (Å²) in [7, 11) is 3.25.